The van der Waals surface area contributed by atoms with E-state index in [0.717, 1.165) is 0 Å². The maximum absolute atomic E-state index is 12.9. The number of rotatable bonds is 7. The Hall–Kier alpha value is -2.72. The van der Waals surface area contributed by atoms with E-state index >= 15 is 0 Å². The number of fused-ring (bicyclic) bond motifs is 1. The summed E-state index contributed by atoms with van der Waals surface area (Å²) in [4.78, 5) is 39.3. The molecule has 2 heterocycles. The number of nitrogens with zero attached hydrogens (tertiary/aromatic N) is 5. The number of aromatic nitrogens is 4. The number of carbonyl (C=O) groups is 2. The SMILES string of the molecule is COc1nc(N(C(=O)OC(C)(C)C)C(=O)OC(C)(C)C)nc2ncn(CC[C@@H](O)CP(C)(C)=O)c12. The van der Waals surface area contributed by atoms with Crippen molar-refractivity contribution in [2.24, 2.45) is 0 Å². The molecule has 196 valence electrons. The van der Waals surface area contributed by atoms with Gasteiger partial charge in [0.2, 0.25) is 11.8 Å². The second-order valence-corrected chi connectivity index (χ2v) is 14.2. The third-order valence-corrected chi connectivity index (χ3v) is 5.63. The van der Waals surface area contributed by atoms with E-state index in [1.54, 1.807) is 59.4 Å². The van der Waals surface area contributed by atoms with Crippen LogP contribution >= 0.6 is 7.14 Å². The summed E-state index contributed by atoms with van der Waals surface area (Å²) in [5.74, 6) is -0.258. The van der Waals surface area contributed by atoms with Crippen molar-refractivity contribution in [3.05, 3.63) is 6.33 Å². The first-order valence-electron chi connectivity index (χ1n) is 11.2. The number of anilines is 1. The van der Waals surface area contributed by atoms with Crippen molar-refractivity contribution in [2.45, 2.75) is 71.8 Å². The molecule has 2 amide bonds. The van der Waals surface area contributed by atoms with Crippen LogP contribution in [0.15, 0.2) is 6.33 Å². The molecule has 0 spiro atoms. The molecule has 35 heavy (non-hydrogen) atoms. The van der Waals surface area contributed by atoms with Gasteiger partial charge in [-0.15, -0.1) is 4.90 Å². The molecule has 2 aromatic rings. The molecule has 0 saturated carbocycles. The highest BCUT2D eigenvalue weighted by Crippen LogP contribution is 2.37. The van der Waals surface area contributed by atoms with Crippen LogP contribution in [0.3, 0.4) is 0 Å². The van der Waals surface area contributed by atoms with E-state index in [1.165, 1.54) is 13.4 Å². The van der Waals surface area contributed by atoms with E-state index in [0.29, 0.717) is 23.4 Å². The first-order chi connectivity index (χ1) is 15.9. The van der Waals surface area contributed by atoms with Crippen LogP contribution in [-0.4, -0.2) is 80.7 Å². The summed E-state index contributed by atoms with van der Waals surface area (Å²) in [6.45, 7) is 13.6. The molecule has 0 fully saturated rings. The van der Waals surface area contributed by atoms with Gasteiger partial charge in [0, 0.05) is 12.7 Å². The minimum absolute atomic E-state index is 0.0609. The third-order valence-electron chi connectivity index (χ3n) is 4.33. The first kappa shape index (κ1) is 28.5. The third kappa shape index (κ3) is 8.47. The topological polar surface area (TPSA) is 146 Å². The molecule has 0 unspecified atom stereocenters. The van der Waals surface area contributed by atoms with Gasteiger partial charge in [0.15, 0.2) is 11.2 Å². The van der Waals surface area contributed by atoms with Crippen LogP contribution in [0, 0.1) is 0 Å². The Morgan fingerprint density at radius 3 is 2.09 bits per heavy atom. The largest absolute Gasteiger partial charge is 0.479 e. The maximum atomic E-state index is 12.9. The smallest absolute Gasteiger partial charge is 0.427 e. The Morgan fingerprint density at radius 2 is 1.63 bits per heavy atom. The Morgan fingerprint density at radius 1 is 1.09 bits per heavy atom. The van der Waals surface area contributed by atoms with Gasteiger partial charge in [-0.1, -0.05) is 0 Å². The lowest BCUT2D eigenvalue weighted by Crippen LogP contribution is -2.44. The van der Waals surface area contributed by atoms with Gasteiger partial charge in [-0.2, -0.15) is 9.97 Å². The van der Waals surface area contributed by atoms with Gasteiger partial charge in [-0.25, -0.2) is 14.6 Å². The maximum Gasteiger partial charge on any atom is 0.427 e. The lowest BCUT2D eigenvalue weighted by molar-refractivity contribution is 0.0427. The number of imidazole rings is 1. The summed E-state index contributed by atoms with van der Waals surface area (Å²) in [6.07, 6.45) is -0.767. The molecule has 0 bridgehead atoms. The number of carbonyl (C=O) groups excluding carboxylic acids is 2. The molecule has 0 saturated heterocycles. The second kappa shape index (κ2) is 10.5. The summed E-state index contributed by atoms with van der Waals surface area (Å²) in [7, 11) is -0.994. The monoisotopic (exact) mass is 513 g/mol. The molecular formula is C22H36N5O7P. The minimum atomic E-state index is -2.38. The highest BCUT2D eigenvalue weighted by molar-refractivity contribution is 7.62. The van der Waals surface area contributed by atoms with Crippen LogP contribution in [0.2, 0.25) is 0 Å². The zero-order chi connectivity index (χ0) is 26.8. The molecule has 0 aliphatic rings. The van der Waals surface area contributed by atoms with Crippen LogP contribution in [0.25, 0.3) is 11.2 Å². The molecule has 0 aliphatic heterocycles. The number of hydrogen-bond acceptors (Lipinski definition) is 10. The van der Waals surface area contributed by atoms with Crippen molar-refractivity contribution in [3.8, 4) is 5.88 Å². The first-order valence-corrected chi connectivity index (χ1v) is 13.9. The molecule has 1 N–H and O–H groups in total. The fourth-order valence-corrected chi connectivity index (χ4v) is 4.28. The van der Waals surface area contributed by atoms with Crippen LogP contribution < -0.4 is 9.64 Å². The number of imide groups is 1. The number of methoxy groups -OCH3 is 1. The van der Waals surface area contributed by atoms with Gasteiger partial charge < -0.3 is 28.4 Å². The van der Waals surface area contributed by atoms with Crippen molar-refractivity contribution < 1.29 is 33.5 Å². The normalized spacial score (nSPS) is 13.4. The number of aliphatic hydroxyl groups is 1. The average Bonchev–Trinajstić information content (AvgIpc) is 3.04. The van der Waals surface area contributed by atoms with Crippen molar-refractivity contribution in [2.75, 3.05) is 31.5 Å². The number of aliphatic hydroxyl groups excluding tert-OH is 1. The molecule has 0 aliphatic carbocycles. The average molecular weight is 514 g/mol. The summed E-state index contributed by atoms with van der Waals surface area (Å²) in [5.41, 5.74) is -1.22. The minimum Gasteiger partial charge on any atom is -0.479 e. The van der Waals surface area contributed by atoms with Gasteiger partial charge in [0.25, 0.3) is 0 Å². The van der Waals surface area contributed by atoms with E-state index < -0.39 is 36.6 Å². The molecule has 2 rings (SSSR count). The van der Waals surface area contributed by atoms with E-state index in [1.807, 2.05) is 0 Å². The van der Waals surface area contributed by atoms with Gasteiger partial charge in [0.05, 0.1) is 26.7 Å². The highest BCUT2D eigenvalue weighted by Gasteiger charge is 2.35. The summed E-state index contributed by atoms with van der Waals surface area (Å²) >= 11 is 0. The quantitative estimate of drug-likeness (QED) is 0.541. The zero-order valence-electron chi connectivity index (χ0n) is 21.9. The van der Waals surface area contributed by atoms with Crippen molar-refractivity contribution >= 4 is 36.4 Å². The molecule has 12 nitrogen and oxygen atoms in total. The summed E-state index contributed by atoms with van der Waals surface area (Å²) in [6, 6.07) is 0. The van der Waals surface area contributed by atoms with E-state index in [9.17, 15) is 19.3 Å². The van der Waals surface area contributed by atoms with E-state index in [-0.39, 0.29) is 23.6 Å². The van der Waals surface area contributed by atoms with Crippen LogP contribution in [0.5, 0.6) is 5.88 Å². The van der Waals surface area contributed by atoms with Crippen LogP contribution in [-0.2, 0) is 20.6 Å². The molecule has 0 radical (unpaired) electrons. The van der Waals surface area contributed by atoms with Crippen LogP contribution in [0.4, 0.5) is 15.5 Å². The van der Waals surface area contributed by atoms with Crippen molar-refractivity contribution in [1.29, 1.82) is 0 Å². The summed E-state index contributed by atoms with van der Waals surface area (Å²) < 4.78 is 29.8. The predicted octanol–water partition coefficient (Wildman–Crippen LogP) is 3.89. The Balaban J connectivity index is 2.46. The molecule has 13 heteroatoms. The zero-order valence-corrected chi connectivity index (χ0v) is 22.8. The van der Waals surface area contributed by atoms with E-state index in [4.69, 9.17) is 14.2 Å². The fraction of sp³-hybridized carbons (Fsp3) is 0.682. The molecular weight excluding hydrogens is 477 g/mol. The van der Waals surface area contributed by atoms with Crippen molar-refractivity contribution in [1.82, 2.24) is 19.5 Å². The van der Waals surface area contributed by atoms with Gasteiger partial charge in [-0.05, 0) is 61.3 Å². The van der Waals surface area contributed by atoms with E-state index in [2.05, 4.69) is 15.0 Å². The van der Waals surface area contributed by atoms with Gasteiger partial charge in [-0.3, -0.25) is 0 Å². The standard InChI is InChI=1S/C22H36N5O7P/c1-21(2,3)33-19(29)27(20(30)34-22(4,5)6)18-24-16-15(17(25-18)32-7)26(13-23-16)11-10-14(28)12-35(8,9)31/h13-14,28H,10-12H2,1-9H3/t14-/m1/s1. The number of ether oxygens (including phenoxy) is 3. The lowest BCUT2D eigenvalue weighted by Gasteiger charge is -2.27. The fourth-order valence-electron chi connectivity index (χ4n) is 3.09. The lowest BCUT2D eigenvalue weighted by atomic mass is 10.2. The highest BCUT2D eigenvalue weighted by atomic mass is 31.2. The molecule has 1 atom stereocenters. The number of amides is 2. The van der Waals surface area contributed by atoms with Gasteiger partial charge in [0.1, 0.15) is 11.2 Å². The number of hydrogen-bond donors (Lipinski definition) is 1. The Bertz CT molecular complexity index is 1090. The van der Waals surface area contributed by atoms with Crippen molar-refractivity contribution in [3.63, 3.8) is 0 Å². The van der Waals surface area contributed by atoms with Gasteiger partial charge >= 0.3 is 12.2 Å². The second-order valence-electron chi connectivity index (χ2n) is 10.6. The summed E-state index contributed by atoms with van der Waals surface area (Å²) in [5, 5.41) is 10.2. The predicted molar refractivity (Wildman–Crippen MR) is 132 cm³/mol. The van der Waals surface area contributed by atoms with Crippen LogP contribution in [0.1, 0.15) is 48.0 Å². The Kier molecular flexibility index (Phi) is 8.55. The molecule has 2 aromatic heterocycles. The Labute approximate surface area is 205 Å². The number of aryl methyl sites for hydroxylation is 1. The molecule has 0 aromatic carbocycles.